The third-order valence-corrected chi connectivity index (χ3v) is 6.62. The van der Waals surface area contributed by atoms with Crippen molar-refractivity contribution >= 4 is 62.0 Å². The molecule has 2 aromatic rings. The molecule has 0 aliphatic carbocycles. The Kier molecular flexibility index (Phi) is 7.25. The van der Waals surface area contributed by atoms with Crippen molar-refractivity contribution in [2.45, 2.75) is 44.9 Å². The molecule has 27 heavy (non-hydrogen) atoms. The van der Waals surface area contributed by atoms with Gasteiger partial charge < -0.3 is 15.5 Å². The zero-order chi connectivity index (χ0) is 20.2. The standard InChI is InChI=1S/C19H24N2O3S3/c1-4-6-12(16(23)25)19(9-5-2,18(24)26)17-21-13-10-11(15(22)20-3)7-8-14(13)27-17/h7-8,10,12H,4-6,9H2,1-3H3,(H,20,22)(H,23,25)(H,24,26). The summed E-state index contributed by atoms with van der Waals surface area (Å²) in [7, 11) is 1.58. The lowest BCUT2D eigenvalue weighted by Crippen LogP contribution is -2.45. The van der Waals surface area contributed by atoms with Gasteiger partial charge >= 0.3 is 0 Å². The number of carbonyl (C=O) groups excluding carboxylic acids is 1. The van der Waals surface area contributed by atoms with Crippen molar-refractivity contribution in [3.05, 3.63) is 28.8 Å². The molecule has 0 spiro atoms. The molecule has 146 valence electrons. The molecule has 0 bridgehead atoms. The summed E-state index contributed by atoms with van der Waals surface area (Å²) in [5, 5.41) is 23.6. The quantitative estimate of drug-likeness (QED) is 0.498. The van der Waals surface area contributed by atoms with Crippen molar-refractivity contribution in [3.63, 3.8) is 0 Å². The minimum Gasteiger partial charge on any atom is -0.502 e. The summed E-state index contributed by atoms with van der Waals surface area (Å²) in [4.78, 5) is 16.6. The van der Waals surface area contributed by atoms with Gasteiger partial charge in [0.2, 0.25) is 0 Å². The van der Waals surface area contributed by atoms with E-state index in [9.17, 15) is 15.0 Å². The van der Waals surface area contributed by atoms with Crippen molar-refractivity contribution in [1.29, 1.82) is 0 Å². The highest BCUT2D eigenvalue weighted by atomic mass is 32.1. The molecule has 1 aromatic heterocycles. The predicted molar refractivity (Wildman–Crippen MR) is 118 cm³/mol. The number of rotatable bonds is 9. The molecule has 0 aliphatic heterocycles. The van der Waals surface area contributed by atoms with Crippen molar-refractivity contribution in [1.82, 2.24) is 10.3 Å². The van der Waals surface area contributed by atoms with Crippen LogP contribution in [0.3, 0.4) is 0 Å². The first-order valence-electron chi connectivity index (χ1n) is 8.91. The van der Waals surface area contributed by atoms with Crippen LogP contribution in [-0.2, 0) is 5.41 Å². The molecule has 1 heterocycles. The molecule has 1 aromatic carbocycles. The summed E-state index contributed by atoms with van der Waals surface area (Å²) in [6.45, 7) is 3.99. The number of benzene rings is 1. The number of nitrogens with one attached hydrogen (secondary N) is 1. The third kappa shape index (κ3) is 4.12. The van der Waals surface area contributed by atoms with Gasteiger partial charge in [-0.3, -0.25) is 4.79 Å². The second-order valence-electron chi connectivity index (χ2n) is 6.49. The summed E-state index contributed by atoms with van der Waals surface area (Å²) in [6.07, 6.45) is 2.64. The van der Waals surface area contributed by atoms with Crippen LogP contribution in [0.5, 0.6) is 0 Å². The van der Waals surface area contributed by atoms with Crippen molar-refractivity contribution in [2.24, 2.45) is 5.92 Å². The molecular formula is C19H24N2O3S3. The first kappa shape index (κ1) is 21.7. The van der Waals surface area contributed by atoms with E-state index in [2.05, 4.69) is 5.32 Å². The van der Waals surface area contributed by atoms with E-state index in [1.165, 1.54) is 11.3 Å². The Morgan fingerprint density at radius 3 is 2.52 bits per heavy atom. The monoisotopic (exact) mass is 424 g/mol. The molecule has 0 radical (unpaired) electrons. The van der Waals surface area contributed by atoms with E-state index in [1.807, 2.05) is 19.9 Å². The largest absolute Gasteiger partial charge is 0.502 e. The zero-order valence-corrected chi connectivity index (χ0v) is 18.1. The van der Waals surface area contributed by atoms with Crippen molar-refractivity contribution in [3.8, 4) is 0 Å². The summed E-state index contributed by atoms with van der Waals surface area (Å²) in [5.41, 5.74) is 0.159. The zero-order valence-electron chi connectivity index (χ0n) is 15.6. The van der Waals surface area contributed by atoms with Crippen LogP contribution >= 0.6 is 35.8 Å². The highest BCUT2D eigenvalue weighted by Crippen LogP contribution is 2.44. The third-order valence-electron chi connectivity index (χ3n) is 4.75. The second kappa shape index (κ2) is 9.03. The number of hydrogen-bond acceptors (Lipinski definition) is 5. The number of thiocarbonyl (C=S) groups is 2. The number of amides is 1. The Morgan fingerprint density at radius 1 is 1.30 bits per heavy atom. The van der Waals surface area contributed by atoms with Gasteiger partial charge in [0, 0.05) is 18.5 Å². The predicted octanol–water partition coefficient (Wildman–Crippen LogP) is 4.88. The number of fused-ring (bicyclic) bond motifs is 1. The van der Waals surface area contributed by atoms with E-state index in [0.717, 1.165) is 17.5 Å². The Morgan fingerprint density at radius 2 is 2.00 bits per heavy atom. The van der Waals surface area contributed by atoms with Gasteiger partial charge in [0.15, 0.2) is 10.1 Å². The van der Waals surface area contributed by atoms with E-state index < -0.39 is 11.3 Å². The van der Waals surface area contributed by atoms with Gasteiger partial charge in [-0.15, -0.1) is 11.3 Å². The summed E-state index contributed by atoms with van der Waals surface area (Å²) in [6, 6.07) is 5.30. The highest BCUT2D eigenvalue weighted by molar-refractivity contribution is 7.80. The fraction of sp³-hybridized carbons (Fsp3) is 0.474. The van der Waals surface area contributed by atoms with E-state index >= 15 is 0 Å². The van der Waals surface area contributed by atoms with Crippen molar-refractivity contribution < 1.29 is 15.0 Å². The Hall–Kier alpha value is -1.64. The average Bonchev–Trinajstić information content (AvgIpc) is 3.06. The van der Waals surface area contributed by atoms with Crippen LogP contribution < -0.4 is 5.32 Å². The van der Waals surface area contributed by atoms with E-state index in [4.69, 9.17) is 29.4 Å². The lowest BCUT2D eigenvalue weighted by molar-refractivity contribution is 0.0963. The summed E-state index contributed by atoms with van der Waals surface area (Å²) < 4.78 is 0.883. The van der Waals surface area contributed by atoms with Gasteiger partial charge in [0.05, 0.1) is 10.2 Å². The maximum Gasteiger partial charge on any atom is 0.251 e. The first-order valence-corrected chi connectivity index (χ1v) is 10.5. The number of carbonyl (C=O) groups is 1. The van der Waals surface area contributed by atoms with E-state index in [-0.39, 0.29) is 16.0 Å². The van der Waals surface area contributed by atoms with Gasteiger partial charge in [-0.1, -0.05) is 26.7 Å². The van der Waals surface area contributed by atoms with E-state index in [1.54, 1.807) is 19.2 Å². The Bertz CT molecular complexity index is 865. The van der Waals surface area contributed by atoms with Crippen LogP contribution in [0.25, 0.3) is 10.2 Å². The number of aliphatic hydroxyl groups is 2. The molecule has 8 heteroatoms. The Balaban J connectivity index is 2.69. The van der Waals surface area contributed by atoms with Crippen LogP contribution in [0.2, 0.25) is 0 Å². The van der Waals surface area contributed by atoms with Crippen LogP contribution in [0, 0.1) is 5.92 Å². The molecular weight excluding hydrogens is 400 g/mol. The maximum absolute atomic E-state index is 11.9. The van der Waals surface area contributed by atoms with Gasteiger partial charge in [0.25, 0.3) is 5.91 Å². The molecule has 2 unspecified atom stereocenters. The molecule has 0 saturated heterocycles. The average molecular weight is 425 g/mol. The highest BCUT2D eigenvalue weighted by Gasteiger charge is 2.48. The van der Waals surface area contributed by atoms with Gasteiger partial charge in [-0.25, -0.2) is 4.98 Å². The molecule has 3 N–H and O–H groups in total. The molecule has 5 nitrogen and oxygen atoms in total. The van der Waals surface area contributed by atoms with Gasteiger partial charge in [-0.2, -0.15) is 0 Å². The minimum atomic E-state index is -1.01. The first-order chi connectivity index (χ1) is 12.8. The lowest BCUT2D eigenvalue weighted by atomic mass is 9.71. The minimum absolute atomic E-state index is 0.160. The molecule has 2 atom stereocenters. The Labute approximate surface area is 173 Å². The number of nitrogens with zero attached hydrogens (tertiary/aromatic N) is 1. The SMILES string of the molecule is CCCC(C(O)=S)C(CCC)(C(O)=S)c1nc2cc(C(=O)NC)ccc2s1. The normalized spacial score (nSPS) is 14.5. The molecule has 2 rings (SSSR count). The van der Waals surface area contributed by atoms with Gasteiger partial charge in [0.1, 0.15) is 10.4 Å². The van der Waals surface area contributed by atoms with Crippen molar-refractivity contribution in [2.75, 3.05) is 7.05 Å². The fourth-order valence-corrected chi connectivity index (χ4v) is 5.39. The maximum atomic E-state index is 11.9. The van der Waals surface area contributed by atoms with Crippen LogP contribution in [0.4, 0.5) is 0 Å². The van der Waals surface area contributed by atoms with E-state index in [0.29, 0.717) is 28.9 Å². The number of aliphatic hydroxyl groups excluding tert-OH is 2. The smallest absolute Gasteiger partial charge is 0.251 e. The molecule has 0 saturated carbocycles. The lowest BCUT2D eigenvalue weighted by Gasteiger charge is -2.36. The fourth-order valence-electron chi connectivity index (χ4n) is 3.45. The topological polar surface area (TPSA) is 82.5 Å². The second-order valence-corrected chi connectivity index (χ2v) is 8.32. The summed E-state index contributed by atoms with van der Waals surface area (Å²) in [5.74, 6) is -0.682. The number of hydrogen-bond donors (Lipinski definition) is 3. The van der Waals surface area contributed by atoms with Gasteiger partial charge in [-0.05, 0) is 55.5 Å². The molecule has 0 aliphatic rings. The summed E-state index contributed by atoms with van der Waals surface area (Å²) >= 11 is 11.8. The van der Waals surface area contributed by atoms with Crippen LogP contribution in [0.15, 0.2) is 18.2 Å². The molecule has 0 fully saturated rings. The number of aromatic nitrogens is 1. The number of thiazole rings is 1. The van der Waals surface area contributed by atoms with Crippen LogP contribution in [-0.4, -0.2) is 38.3 Å². The molecule has 1 amide bonds. The van der Waals surface area contributed by atoms with Crippen LogP contribution in [0.1, 0.15) is 54.9 Å².